The number of hydrogen-bond donors (Lipinski definition) is 1. The van der Waals surface area contributed by atoms with Gasteiger partial charge in [0, 0.05) is 11.8 Å². The fourth-order valence-corrected chi connectivity index (χ4v) is 3.09. The van der Waals surface area contributed by atoms with E-state index in [1.54, 1.807) is 12.3 Å². The van der Waals surface area contributed by atoms with Crippen LogP contribution in [0, 0.1) is 0 Å². The number of benzene rings is 1. The highest BCUT2D eigenvalue weighted by Gasteiger charge is 2.10. The zero-order chi connectivity index (χ0) is 14.4. The lowest BCUT2D eigenvalue weighted by molar-refractivity contribution is 0.598. The van der Waals surface area contributed by atoms with Crippen LogP contribution in [-0.4, -0.2) is 19.2 Å². The monoisotopic (exact) mass is 290 g/mol. The van der Waals surface area contributed by atoms with Crippen molar-refractivity contribution in [3.63, 3.8) is 0 Å². The third-order valence-corrected chi connectivity index (χ3v) is 4.26. The molecule has 1 aromatic carbocycles. The molecule has 0 atom stereocenters. The SMILES string of the molecule is CCCCS(=O)(=O)Nc1cncc(-c2ccccc2)c1. The van der Waals surface area contributed by atoms with Crippen LogP contribution < -0.4 is 4.72 Å². The van der Waals surface area contributed by atoms with Crippen molar-refractivity contribution in [1.82, 2.24) is 4.98 Å². The van der Waals surface area contributed by atoms with E-state index in [2.05, 4.69) is 9.71 Å². The van der Waals surface area contributed by atoms with E-state index in [1.807, 2.05) is 37.3 Å². The topological polar surface area (TPSA) is 59.1 Å². The van der Waals surface area contributed by atoms with E-state index in [1.165, 1.54) is 6.20 Å². The van der Waals surface area contributed by atoms with Gasteiger partial charge in [0.2, 0.25) is 10.0 Å². The zero-order valence-electron chi connectivity index (χ0n) is 11.4. The summed E-state index contributed by atoms with van der Waals surface area (Å²) in [5.74, 6) is 0.138. The van der Waals surface area contributed by atoms with Crippen molar-refractivity contribution in [2.45, 2.75) is 19.8 Å². The molecule has 2 rings (SSSR count). The number of pyridine rings is 1. The second kappa shape index (κ2) is 6.52. The van der Waals surface area contributed by atoms with Crippen LogP contribution in [0.2, 0.25) is 0 Å². The molecular formula is C15H18N2O2S. The second-order valence-corrected chi connectivity index (χ2v) is 6.44. The van der Waals surface area contributed by atoms with Crippen molar-refractivity contribution in [2.24, 2.45) is 0 Å². The normalized spacial score (nSPS) is 11.2. The fraction of sp³-hybridized carbons (Fsp3) is 0.267. The molecular weight excluding hydrogens is 272 g/mol. The van der Waals surface area contributed by atoms with Gasteiger partial charge in [0.05, 0.1) is 17.6 Å². The third kappa shape index (κ3) is 4.06. The van der Waals surface area contributed by atoms with E-state index in [4.69, 9.17) is 0 Å². The summed E-state index contributed by atoms with van der Waals surface area (Å²) in [6, 6.07) is 11.5. The van der Waals surface area contributed by atoms with E-state index < -0.39 is 10.0 Å². The van der Waals surface area contributed by atoms with Gasteiger partial charge in [0.25, 0.3) is 0 Å². The Hall–Kier alpha value is -1.88. The van der Waals surface area contributed by atoms with Crippen LogP contribution in [0.5, 0.6) is 0 Å². The highest BCUT2D eigenvalue weighted by Crippen LogP contribution is 2.21. The van der Waals surface area contributed by atoms with Crippen LogP contribution in [0.1, 0.15) is 19.8 Å². The molecule has 0 saturated carbocycles. The molecule has 0 spiro atoms. The summed E-state index contributed by atoms with van der Waals surface area (Å²) in [6.07, 6.45) is 4.75. The molecule has 0 unspecified atom stereocenters. The van der Waals surface area contributed by atoms with E-state index in [9.17, 15) is 8.42 Å². The molecule has 0 aliphatic heterocycles. The van der Waals surface area contributed by atoms with E-state index in [0.29, 0.717) is 12.1 Å². The lowest BCUT2D eigenvalue weighted by Gasteiger charge is -2.08. The average Bonchev–Trinajstić information content (AvgIpc) is 2.46. The highest BCUT2D eigenvalue weighted by atomic mass is 32.2. The van der Waals surface area contributed by atoms with Crippen molar-refractivity contribution in [1.29, 1.82) is 0 Å². The summed E-state index contributed by atoms with van der Waals surface area (Å²) in [5.41, 5.74) is 2.40. The third-order valence-electron chi connectivity index (χ3n) is 2.89. The summed E-state index contributed by atoms with van der Waals surface area (Å²) >= 11 is 0. The van der Waals surface area contributed by atoms with Gasteiger partial charge in [-0.25, -0.2) is 8.42 Å². The molecule has 0 amide bonds. The summed E-state index contributed by atoms with van der Waals surface area (Å²) in [4.78, 5) is 4.10. The summed E-state index contributed by atoms with van der Waals surface area (Å²) < 4.78 is 26.3. The van der Waals surface area contributed by atoms with Crippen molar-refractivity contribution in [2.75, 3.05) is 10.5 Å². The molecule has 2 aromatic rings. The van der Waals surface area contributed by atoms with Gasteiger partial charge in [-0.1, -0.05) is 43.7 Å². The van der Waals surface area contributed by atoms with E-state index in [0.717, 1.165) is 17.5 Å². The van der Waals surface area contributed by atoms with Crippen molar-refractivity contribution in [3.05, 3.63) is 48.8 Å². The zero-order valence-corrected chi connectivity index (χ0v) is 12.2. The Kier molecular flexibility index (Phi) is 4.74. The first kappa shape index (κ1) is 14.5. The molecule has 1 aromatic heterocycles. The van der Waals surface area contributed by atoms with Crippen LogP contribution in [0.4, 0.5) is 5.69 Å². The number of hydrogen-bond acceptors (Lipinski definition) is 3. The summed E-state index contributed by atoms with van der Waals surface area (Å²) in [7, 11) is -3.29. The van der Waals surface area contributed by atoms with E-state index >= 15 is 0 Å². The van der Waals surface area contributed by atoms with Gasteiger partial charge in [-0.2, -0.15) is 0 Å². The van der Waals surface area contributed by atoms with E-state index in [-0.39, 0.29) is 5.75 Å². The quantitative estimate of drug-likeness (QED) is 0.888. The number of rotatable bonds is 6. The number of nitrogens with one attached hydrogen (secondary N) is 1. The van der Waals surface area contributed by atoms with Crippen LogP contribution in [-0.2, 0) is 10.0 Å². The summed E-state index contributed by atoms with van der Waals surface area (Å²) in [5, 5.41) is 0. The smallest absolute Gasteiger partial charge is 0.232 e. The molecule has 0 radical (unpaired) electrons. The molecule has 5 heteroatoms. The van der Waals surface area contributed by atoms with Crippen LogP contribution in [0.25, 0.3) is 11.1 Å². The Bertz CT molecular complexity index is 655. The minimum absolute atomic E-state index is 0.138. The standard InChI is InChI=1S/C15H18N2O2S/c1-2-3-9-20(18,19)17-15-10-14(11-16-12-15)13-7-5-4-6-8-13/h4-8,10-12,17H,2-3,9H2,1H3. The molecule has 1 N–H and O–H groups in total. The van der Waals surface area contributed by atoms with Crippen molar-refractivity contribution >= 4 is 15.7 Å². The largest absolute Gasteiger partial charge is 0.282 e. The minimum Gasteiger partial charge on any atom is -0.282 e. The predicted octanol–water partition coefficient (Wildman–Crippen LogP) is 3.29. The van der Waals surface area contributed by atoms with Crippen LogP contribution in [0.15, 0.2) is 48.8 Å². The number of nitrogens with zero attached hydrogens (tertiary/aromatic N) is 1. The molecule has 106 valence electrons. The first-order valence-electron chi connectivity index (χ1n) is 6.62. The molecule has 0 fully saturated rings. The lowest BCUT2D eigenvalue weighted by atomic mass is 10.1. The Morgan fingerprint density at radius 2 is 1.85 bits per heavy atom. The molecule has 0 saturated heterocycles. The molecule has 4 nitrogen and oxygen atoms in total. The highest BCUT2D eigenvalue weighted by molar-refractivity contribution is 7.92. The lowest BCUT2D eigenvalue weighted by Crippen LogP contribution is -2.16. The Morgan fingerprint density at radius 1 is 1.10 bits per heavy atom. The van der Waals surface area contributed by atoms with Gasteiger partial charge in [0.15, 0.2) is 0 Å². The molecule has 0 aliphatic rings. The van der Waals surface area contributed by atoms with Gasteiger partial charge in [-0.05, 0) is 18.1 Å². The Morgan fingerprint density at radius 3 is 2.55 bits per heavy atom. The van der Waals surface area contributed by atoms with Crippen molar-refractivity contribution < 1.29 is 8.42 Å². The second-order valence-electron chi connectivity index (χ2n) is 4.60. The van der Waals surface area contributed by atoms with Gasteiger partial charge < -0.3 is 0 Å². The number of anilines is 1. The minimum atomic E-state index is -3.29. The van der Waals surface area contributed by atoms with Gasteiger partial charge in [0.1, 0.15) is 0 Å². The van der Waals surface area contributed by atoms with Gasteiger partial charge in [-0.3, -0.25) is 9.71 Å². The summed E-state index contributed by atoms with van der Waals surface area (Å²) in [6.45, 7) is 1.97. The molecule has 1 heterocycles. The predicted molar refractivity (Wildman–Crippen MR) is 82.0 cm³/mol. The number of sulfonamides is 1. The molecule has 0 aliphatic carbocycles. The first-order valence-corrected chi connectivity index (χ1v) is 8.27. The molecule has 0 bridgehead atoms. The maximum absolute atomic E-state index is 11.9. The van der Waals surface area contributed by atoms with Crippen LogP contribution >= 0.6 is 0 Å². The molecule has 20 heavy (non-hydrogen) atoms. The fourth-order valence-electron chi connectivity index (χ4n) is 1.85. The van der Waals surface area contributed by atoms with Gasteiger partial charge >= 0.3 is 0 Å². The van der Waals surface area contributed by atoms with Crippen LogP contribution in [0.3, 0.4) is 0 Å². The average molecular weight is 290 g/mol. The number of aromatic nitrogens is 1. The maximum atomic E-state index is 11.9. The number of unbranched alkanes of at least 4 members (excludes halogenated alkanes) is 1. The Labute approximate surface area is 119 Å². The maximum Gasteiger partial charge on any atom is 0.232 e. The Balaban J connectivity index is 2.19. The van der Waals surface area contributed by atoms with Gasteiger partial charge in [-0.15, -0.1) is 0 Å². The van der Waals surface area contributed by atoms with Crippen molar-refractivity contribution in [3.8, 4) is 11.1 Å². The first-order chi connectivity index (χ1) is 9.61.